The first-order valence-corrected chi connectivity index (χ1v) is 6.55. The molecule has 0 heterocycles. The zero-order valence-electron chi connectivity index (χ0n) is 10.2. The number of ether oxygens (including phenoxy) is 1. The van der Waals surface area contributed by atoms with Crippen molar-refractivity contribution in [2.45, 2.75) is 51.7 Å². The molecule has 1 aliphatic rings. The molecule has 1 aliphatic carbocycles. The summed E-state index contributed by atoms with van der Waals surface area (Å²) in [5, 5.41) is 0. The fourth-order valence-corrected chi connectivity index (χ4v) is 2.64. The van der Waals surface area contributed by atoms with Crippen molar-refractivity contribution < 1.29 is 4.74 Å². The maximum absolute atomic E-state index is 6.07. The Bertz CT molecular complexity index is 294. The summed E-state index contributed by atoms with van der Waals surface area (Å²) in [5.74, 6) is 0.789. The van der Waals surface area contributed by atoms with Crippen molar-refractivity contribution in [3.8, 4) is 0 Å². The third kappa shape index (κ3) is 3.08. The lowest BCUT2D eigenvalue weighted by atomic mass is 9.85. The van der Waals surface area contributed by atoms with Gasteiger partial charge in [0.1, 0.15) is 0 Å². The molecule has 88 valence electrons. The zero-order valence-corrected chi connectivity index (χ0v) is 10.2. The molecule has 0 spiro atoms. The second kappa shape index (κ2) is 6.05. The highest BCUT2D eigenvalue weighted by Gasteiger charge is 2.23. The molecule has 0 N–H and O–H groups in total. The molecular weight excluding hydrogens is 196 g/mol. The molecule has 0 aromatic heterocycles. The van der Waals surface area contributed by atoms with E-state index in [9.17, 15) is 0 Å². The van der Waals surface area contributed by atoms with Crippen LogP contribution in [0.25, 0.3) is 0 Å². The van der Waals surface area contributed by atoms with Crippen LogP contribution in [-0.2, 0) is 11.3 Å². The maximum Gasteiger partial charge on any atom is 0.0720 e. The van der Waals surface area contributed by atoms with E-state index in [1.807, 2.05) is 0 Å². The van der Waals surface area contributed by atoms with E-state index < -0.39 is 0 Å². The molecule has 0 unspecified atom stereocenters. The molecule has 2 rings (SSSR count). The van der Waals surface area contributed by atoms with E-state index in [1.165, 1.54) is 37.7 Å². The van der Waals surface area contributed by atoms with Crippen LogP contribution < -0.4 is 0 Å². The molecule has 1 saturated carbocycles. The van der Waals surface area contributed by atoms with E-state index >= 15 is 0 Å². The van der Waals surface area contributed by atoms with Crippen molar-refractivity contribution in [1.29, 1.82) is 0 Å². The van der Waals surface area contributed by atoms with E-state index in [-0.39, 0.29) is 0 Å². The highest BCUT2D eigenvalue weighted by Crippen LogP contribution is 2.29. The summed E-state index contributed by atoms with van der Waals surface area (Å²) < 4.78 is 6.07. The van der Waals surface area contributed by atoms with Crippen LogP contribution in [0.5, 0.6) is 0 Å². The van der Waals surface area contributed by atoms with Crippen LogP contribution in [0.15, 0.2) is 30.3 Å². The van der Waals surface area contributed by atoms with Gasteiger partial charge in [0, 0.05) is 0 Å². The van der Waals surface area contributed by atoms with Gasteiger partial charge in [-0.2, -0.15) is 0 Å². The largest absolute Gasteiger partial charge is 0.373 e. The number of rotatable bonds is 4. The molecule has 2 atom stereocenters. The number of hydrogen-bond acceptors (Lipinski definition) is 1. The van der Waals surface area contributed by atoms with E-state index in [1.54, 1.807) is 0 Å². The Morgan fingerprint density at radius 2 is 1.88 bits per heavy atom. The molecular formula is C15H22O. The fourth-order valence-electron chi connectivity index (χ4n) is 2.64. The van der Waals surface area contributed by atoms with Crippen LogP contribution >= 0.6 is 0 Å². The summed E-state index contributed by atoms with van der Waals surface area (Å²) in [4.78, 5) is 0. The van der Waals surface area contributed by atoms with E-state index in [0.29, 0.717) is 6.10 Å². The van der Waals surface area contributed by atoms with Gasteiger partial charge in [0.05, 0.1) is 12.7 Å². The van der Waals surface area contributed by atoms with Crippen LogP contribution in [0.3, 0.4) is 0 Å². The summed E-state index contributed by atoms with van der Waals surface area (Å²) in [6, 6.07) is 10.5. The fraction of sp³-hybridized carbons (Fsp3) is 0.600. The predicted molar refractivity (Wildman–Crippen MR) is 67.3 cm³/mol. The second-order valence-electron chi connectivity index (χ2n) is 4.79. The molecule has 1 aromatic carbocycles. The van der Waals surface area contributed by atoms with Gasteiger partial charge < -0.3 is 4.74 Å². The molecule has 1 heteroatoms. The van der Waals surface area contributed by atoms with Gasteiger partial charge in [-0.25, -0.2) is 0 Å². The Labute approximate surface area is 98.8 Å². The Morgan fingerprint density at radius 1 is 1.12 bits per heavy atom. The van der Waals surface area contributed by atoms with E-state index in [0.717, 1.165) is 12.5 Å². The molecule has 16 heavy (non-hydrogen) atoms. The number of hydrogen-bond donors (Lipinski definition) is 0. The molecule has 1 fully saturated rings. The Hall–Kier alpha value is -0.820. The van der Waals surface area contributed by atoms with E-state index in [4.69, 9.17) is 4.74 Å². The summed E-state index contributed by atoms with van der Waals surface area (Å²) in [7, 11) is 0. The Kier molecular flexibility index (Phi) is 4.41. The lowest BCUT2D eigenvalue weighted by molar-refractivity contribution is -0.0221. The van der Waals surface area contributed by atoms with Gasteiger partial charge in [-0.1, -0.05) is 56.5 Å². The molecule has 0 amide bonds. The minimum Gasteiger partial charge on any atom is -0.373 e. The quantitative estimate of drug-likeness (QED) is 0.737. The SMILES string of the molecule is CC[C@H]1CCCC[C@@H]1OCc1ccccc1. The minimum absolute atomic E-state index is 0.499. The minimum atomic E-state index is 0.499. The summed E-state index contributed by atoms with van der Waals surface area (Å²) in [5.41, 5.74) is 1.29. The summed E-state index contributed by atoms with van der Waals surface area (Å²) in [6.45, 7) is 3.07. The van der Waals surface area contributed by atoms with Crippen molar-refractivity contribution in [2.24, 2.45) is 5.92 Å². The first-order chi connectivity index (χ1) is 7.90. The van der Waals surface area contributed by atoms with Crippen LogP contribution in [0, 0.1) is 5.92 Å². The Balaban J connectivity index is 1.84. The highest BCUT2D eigenvalue weighted by atomic mass is 16.5. The lowest BCUT2D eigenvalue weighted by Crippen LogP contribution is -2.27. The van der Waals surface area contributed by atoms with Crippen LogP contribution in [0.2, 0.25) is 0 Å². The van der Waals surface area contributed by atoms with Crippen LogP contribution in [0.1, 0.15) is 44.6 Å². The van der Waals surface area contributed by atoms with Gasteiger partial charge in [0.2, 0.25) is 0 Å². The van der Waals surface area contributed by atoms with Gasteiger partial charge in [0.25, 0.3) is 0 Å². The normalized spacial score (nSPS) is 25.6. The van der Waals surface area contributed by atoms with Crippen molar-refractivity contribution in [3.05, 3.63) is 35.9 Å². The number of benzene rings is 1. The zero-order chi connectivity index (χ0) is 11.2. The topological polar surface area (TPSA) is 9.23 Å². The first-order valence-electron chi connectivity index (χ1n) is 6.55. The first kappa shape index (κ1) is 11.7. The van der Waals surface area contributed by atoms with E-state index in [2.05, 4.69) is 37.3 Å². The van der Waals surface area contributed by atoms with Crippen LogP contribution in [-0.4, -0.2) is 6.10 Å². The van der Waals surface area contributed by atoms with Crippen molar-refractivity contribution in [2.75, 3.05) is 0 Å². The van der Waals surface area contributed by atoms with Crippen molar-refractivity contribution in [1.82, 2.24) is 0 Å². The lowest BCUT2D eigenvalue weighted by Gasteiger charge is -2.30. The standard InChI is InChI=1S/C15H22O/c1-2-14-10-6-7-11-15(14)16-12-13-8-4-3-5-9-13/h3-5,8-9,14-15H,2,6-7,10-12H2,1H3/t14-,15-/m0/s1. The van der Waals surface area contributed by atoms with Gasteiger partial charge >= 0.3 is 0 Å². The third-order valence-electron chi connectivity index (χ3n) is 3.67. The average molecular weight is 218 g/mol. The molecule has 1 nitrogen and oxygen atoms in total. The maximum atomic E-state index is 6.07. The molecule has 0 bridgehead atoms. The Morgan fingerprint density at radius 3 is 2.62 bits per heavy atom. The van der Waals surface area contributed by atoms with Gasteiger partial charge in [-0.05, 0) is 24.3 Å². The van der Waals surface area contributed by atoms with Gasteiger partial charge in [-0.3, -0.25) is 0 Å². The second-order valence-corrected chi connectivity index (χ2v) is 4.79. The van der Waals surface area contributed by atoms with Crippen LogP contribution in [0.4, 0.5) is 0 Å². The predicted octanol–water partition coefficient (Wildman–Crippen LogP) is 4.17. The summed E-state index contributed by atoms with van der Waals surface area (Å²) in [6.07, 6.45) is 7.11. The smallest absolute Gasteiger partial charge is 0.0720 e. The van der Waals surface area contributed by atoms with Gasteiger partial charge in [-0.15, -0.1) is 0 Å². The molecule has 0 radical (unpaired) electrons. The third-order valence-corrected chi connectivity index (χ3v) is 3.67. The van der Waals surface area contributed by atoms with Crippen molar-refractivity contribution in [3.63, 3.8) is 0 Å². The molecule has 1 aromatic rings. The van der Waals surface area contributed by atoms with Crippen molar-refractivity contribution >= 4 is 0 Å². The highest BCUT2D eigenvalue weighted by molar-refractivity contribution is 5.13. The molecule has 0 saturated heterocycles. The summed E-state index contributed by atoms with van der Waals surface area (Å²) >= 11 is 0. The monoisotopic (exact) mass is 218 g/mol. The van der Waals surface area contributed by atoms with Gasteiger partial charge in [0.15, 0.2) is 0 Å². The average Bonchev–Trinajstić information content (AvgIpc) is 2.38. The molecule has 0 aliphatic heterocycles.